The topological polar surface area (TPSA) is 120 Å². The molecule has 10 heteroatoms. The Morgan fingerprint density at radius 3 is 2.71 bits per heavy atom. The number of nitrogens with one attached hydrogen (secondary N) is 1. The zero-order valence-corrected chi connectivity index (χ0v) is 17.2. The van der Waals surface area contributed by atoms with Crippen molar-refractivity contribution in [3.63, 3.8) is 0 Å². The highest BCUT2D eigenvalue weighted by Crippen LogP contribution is 2.23. The lowest BCUT2D eigenvalue weighted by Gasteiger charge is -2.17. The normalized spacial score (nSPS) is 16.7. The molecule has 4 rings (SSSR count). The molecule has 2 N–H and O–H groups in total. The SMILES string of the molecule is O=C(c1cc(Cc2n[nH]c(=O)c3ccccc23)ccc1F)N1CC[C@H](CS(=O)(=O)O)C1. The van der Waals surface area contributed by atoms with E-state index in [1.165, 1.54) is 17.0 Å². The van der Waals surface area contributed by atoms with E-state index < -0.39 is 27.6 Å². The van der Waals surface area contributed by atoms with E-state index in [4.69, 9.17) is 4.55 Å². The molecule has 0 radical (unpaired) electrons. The molecule has 1 saturated heterocycles. The first-order valence-corrected chi connectivity index (χ1v) is 11.3. The fourth-order valence-corrected chi connectivity index (χ4v) is 4.84. The number of carbonyl (C=O) groups is 1. The van der Waals surface area contributed by atoms with E-state index in [2.05, 4.69) is 10.2 Å². The van der Waals surface area contributed by atoms with Gasteiger partial charge in [-0.1, -0.05) is 24.3 Å². The predicted molar refractivity (Wildman–Crippen MR) is 112 cm³/mol. The van der Waals surface area contributed by atoms with Crippen LogP contribution in [0.25, 0.3) is 10.8 Å². The highest BCUT2D eigenvalue weighted by atomic mass is 32.2. The van der Waals surface area contributed by atoms with E-state index in [1.807, 2.05) is 0 Å². The zero-order valence-electron chi connectivity index (χ0n) is 16.4. The van der Waals surface area contributed by atoms with Crippen molar-refractivity contribution < 1.29 is 22.2 Å². The van der Waals surface area contributed by atoms with E-state index >= 15 is 0 Å². The maximum Gasteiger partial charge on any atom is 0.272 e. The summed E-state index contributed by atoms with van der Waals surface area (Å²) in [5.74, 6) is -2.02. The van der Waals surface area contributed by atoms with Gasteiger partial charge in [-0.3, -0.25) is 14.1 Å². The van der Waals surface area contributed by atoms with Crippen LogP contribution in [-0.4, -0.2) is 52.8 Å². The molecular weight excluding hydrogens is 425 g/mol. The Balaban J connectivity index is 1.58. The maximum atomic E-state index is 14.4. The Morgan fingerprint density at radius 1 is 1.23 bits per heavy atom. The lowest BCUT2D eigenvalue weighted by molar-refractivity contribution is 0.0783. The van der Waals surface area contributed by atoms with Gasteiger partial charge in [0.2, 0.25) is 0 Å². The summed E-state index contributed by atoms with van der Waals surface area (Å²) in [4.78, 5) is 26.2. The number of rotatable bonds is 5. The summed E-state index contributed by atoms with van der Waals surface area (Å²) < 4.78 is 45.6. The fourth-order valence-electron chi connectivity index (χ4n) is 3.97. The van der Waals surface area contributed by atoms with E-state index in [-0.39, 0.29) is 36.6 Å². The lowest BCUT2D eigenvalue weighted by Crippen LogP contribution is -2.30. The second-order valence-corrected chi connectivity index (χ2v) is 9.19. The monoisotopic (exact) mass is 445 g/mol. The third-order valence-electron chi connectivity index (χ3n) is 5.43. The van der Waals surface area contributed by atoms with Crippen LogP contribution in [0.4, 0.5) is 4.39 Å². The quantitative estimate of drug-likeness (QED) is 0.580. The van der Waals surface area contributed by atoms with Crippen molar-refractivity contribution in [3.05, 3.63) is 75.5 Å². The van der Waals surface area contributed by atoms with Crippen molar-refractivity contribution in [1.82, 2.24) is 15.1 Å². The van der Waals surface area contributed by atoms with Crippen molar-refractivity contribution in [2.45, 2.75) is 12.8 Å². The van der Waals surface area contributed by atoms with Crippen molar-refractivity contribution in [1.29, 1.82) is 0 Å². The van der Waals surface area contributed by atoms with E-state index in [9.17, 15) is 22.4 Å². The minimum absolute atomic E-state index is 0.112. The Morgan fingerprint density at radius 2 is 1.97 bits per heavy atom. The number of carbonyl (C=O) groups excluding carboxylic acids is 1. The molecule has 0 saturated carbocycles. The summed E-state index contributed by atoms with van der Waals surface area (Å²) in [6, 6.07) is 11.2. The maximum absolute atomic E-state index is 14.4. The smallest absolute Gasteiger partial charge is 0.272 e. The molecule has 2 heterocycles. The Hall–Kier alpha value is -3.11. The molecule has 162 valence electrons. The van der Waals surface area contributed by atoms with Gasteiger partial charge < -0.3 is 4.90 Å². The van der Waals surface area contributed by atoms with E-state index in [0.29, 0.717) is 28.5 Å². The number of aromatic amines is 1. The molecule has 1 atom stereocenters. The van der Waals surface area contributed by atoms with Crippen LogP contribution >= 0.6 is 0 Å². The molecule has 1 amide bonds. The van der Waals surface area contributed by atoms with Crippen molar-refractivity contribution in [3.8, 4) is 0 Å². The van der Waals surface area contributed by atoms with Crippen molar-refractivity contribution >= 4 is 26.8 Å². The average molecular weight is 445 g/mol. The summed E-state index contributed by atoms with van der Waals surface area (Å²) in [7, 11) is -4.14. The van der Waals surface area contributed by atoms with Gasteiger partial charge in [0.15, 0.2) is 0 Å². The summed E-state index contributed by atoms with van der Waals surface area (Å²) in [5.41, 5.74) is 0.819. The summed E-state index contributed by atoms with van der Waals surface area (Å²) >= 11 is 0. The number of aromatic nitrogens is 2. The minimum Gasteiger partial charge on any atom is -0.338 e. The molecule has 1 fully saturated rings. The number of halogens is 1. The van der Waals surface area contributed by atoms with Gasteiger partial charge in [0.05, 0.1) is 22.4 Å². The first-order valence-electron chi connectivity index (χ1n) is 9.70. The largest absolute Gasteiger partial charge is 0.338 e. The van der Waals surface area contributed by atoms with Gasteiger partial charge in [0, 0.05) is 24.9 Å². The third-order valence-corrected chi connectivity index (χ3v) is 6.32. The second kappa shape index (κ2) is 8.20. The molecule has 1 aliphatic heterocycles. The van der Waals surface area contributed by atoms with Gasteiger partial charge in [-0.2, -0.15) is 13.5 Å². The van der Waals surface area contributed by atoms with Crippen LogP contribution in [-0.2, 0) is 16.5 Å². The number of hydrogen-bond donors (Lipinski definition) is 2. The number of benzene rings is 2. The molecule has 3 aromatic rings. The lowest BCUT2D eigenvalue weighted by atomic mass is 10.0. The van der Waals surface area contributed by atoms with Gasteiger partial charge in [-0.05, 0) is 36.1 Å². The van der Waals surface area contributed by atoms with Gasteiger partial charge in [0.1, 0.15) is 5.82 Å². The number of nitrogens with zero attached hydrogens (tertiary/aromatic N) is 2. The molecular formula is C21H20FN3O5S. The molecule has 0 aliphatic carbocycles. The Kier molecular flexibility index (Phi) is 5.59. The number of fused-ring (bicyclic) bond motifs is 1. The molecule has 1 aliphatic rings. The van der Waals surface area contributed by atoms with E-state index in [1.54, 1.807) is 30.3 Å². The van der Waals surface area contributed by atoms with Crippen molar-refractivity contribution in [2.75, 3.05) is 18.8 Å². The number of likely N-dealkylation sites (tertiary alicyclic amines) is 1. The third kappa shape index (κ3) is 4.64. The highest BCUT2D eigenvalue weighted by molar-refractivity contribution is 7.85. The van der Waals surface area contributed by atoms with Crippen LogP contribution in [0.3, 0.4) is 0 Å². The molecule has 2 aromatic carbocycles. The van der Waals surface area contributed by atoms with E-state index in [0.717, 1.165) is 0 Å². The average Bonchev–Trinajstić information content (AvgIpc) is 3.18. The number of amides is 1. The molecule has 0 spiro atoms. The number of H-pyrrole nitrogens is 1. The van der Waals surface area contributed by atoms with Gasteiger partial charge in [0.25, 0.3) is 21.6 Å². The standard InChI is InChI=1S/C21H20FN3O5S/c22-18-6-5-13(10-19-15-3-1-2-4-16(15)20(26)24-23-19)9-17(18)21(27)25-8-7-14(11-25)12-31(28,29)30/h1-6,9,14H,7-8,10-12H2,(H,24,26)(H,28,29,30)/t14-/m0/s1. The fraction of sp³-hybridized carbons (Fsp3) is 0.286. The molecule has 31 heavy (non-hydrogen) atoms. The summed E-state index contributed by atoms with van der Waals surface area (Å²) in [5, 5.41) is 7.74. The molecule has 8 nitrogen and oxygen atoms in total. The highest BCUT2D eigenvalue weighted by Gasteiger charge is 2.31. The molecule has 0 unspecified atom stereocenters. The van der Waals surface area contributed by atoms with Gasteiger partial charge >= 0.3 is 0 Å². The van der Waals surface area contributed by atoms with Crippen molar-refractivity contribution in [2.24, 2.45) is 5.92 Å². The summed E-state index contributed by atoms with van der Waals surface area (Å²) in [6.45, 7) is 0.420. The molecule has 0 bridgehead atoms. The Labute approximate surface area is 177 Å². The van der Waals surface area contributed by atoms with Crippen LogP contribution < -0.4 is 5.56 Å². The minimum atomic E-state index is -4.14. The zero-order chi connectivity index (χ0) is 22.2. The van der Waals surface area contributed by atoms with Crippen LogP contribution in [0, 0.1) is 11.7 Å². The second-order valence-electron chi connectivity index (χ2n) is 7.69. The predicted octanol–water partition coefficient (Wildman–Crippen LogP) is 2.00. The number of hydrogen-bond acceptors (Lipinski definition) is 5. The first kappa shape index (κ1) is 21.1. The summed E-state index contributed by atoms with van der Waals surface area (Å²) in [6.07, 6.45) is 0.698. The van der Waals surface area contributed by atoms with Crippen LogP contribution in [0.5, 0.6) is 0 Å². The van der Waals surface area contributed by atoms with Crippen LogP contribution in [0.2, 0.25) is 0 Å². The van der Waals surface area contributed by atoms with Crippen LogP contribution in [0.1, 0.15) is 28.0 Å². The first-order chi connectivity index (χ1) is 14.7. The Bertz CT molecular complexity index is 1320. The van der Waals surface area contributed by atoms with Gasteiger partial charge in [-0.25, -0.2) is 9.49 Å². The molecule has 1 aromatic heterocycles. The van der Waals surface area contributed by atoms with Crippen LogP contribution in [0.15, 0.2) is 47.3 Å². The van der Waals surface area contributed by atoms with Gasteiger partial charge in [-0.15, -0.1) is 0 Å².